The van der Waals surface area contributed by atoms with Crippen molar-refractivity contribution in [3.8, 4) is 0 Å². The van der Waals surface area contributed by atoms with E-state index < -0.39 is 17.9 Å². The lowest BCUT2D eigenvalue weighted by Crippen LogP contribution is -1.99. The third-order valence-electron chi connectivity index (χ3n) is 1.50. The van der Waals surface area contributed by atoms with Crippen molar-refractivity contribution in [1.82, 2.24) is 0 Å². The topological polar surface area (TPSA) is 91.7 Å². The summed E-state index contributed by atoms with van der Waals surface area (Å²) in [6.45, 7) is 0. The van der Waals surface area contributed by atoms with Crippen molar-refractivity contribution in [3.63, 3.8) is 0 Å². The van der Waals surface area contributed by atoms with E-state index in [1.165, 1.54) is 12.2 Å². The van der Waals surface area contributed by atoms with Crippen molar-refractivity contribution >= 4 is 22.8 Å². The molecule has 0 unspecified atom stereocenters. The molecule has 0 amide bonds. The van der Waals surface area contributed by atoms with Crippen molar-refractivity contribution in [3.05, 3.63) is 23.5 Å². The quantitative estimate of drug-likeness (QED) is 0.483. The fraction of sp³-hybridized carbons (Fsp3) is 0.167. The zero-order chi connectivity index (χ0) is 10.1. The fourth-order valence-corrected chi connectivity index (χ4v) is 1.86. The molecule has 5 nitrogen and oxygen atoms in total. The van der Waals surface area contributed by atoms with Crippen LogP contribution >= 0.6 is 7.60 Å². The summed E-state index contributed by atoms with van der Waals surface area (Å²) in [6, 6.07) is 0. The Bertz CT molecular complexity index is 441. The largest absolute Gasteiger partial charge is 0.355 e. The van der Waals surface area contributed by atoms with Gasteiger partial charge in [0.1, 0.15) is 0 Å². The molecule has 0 atom stereocenters. The molecule has 0 aliphatic heterocycles. The average Bonchev–Trinajstić information content (AvgIpc) is 2.03. The SMILES string of the molecule is O=S(=O)=C1C=CC(P(=O)(O)O)=CC1. The van der Waals surface area contributed by atoms with Gasteiger partial charge in [0.05, 0.1) is 10.2 Å². The van der Waals surface area contributed by atoms with Crippen LogP contribution in [0.2, 0.25) is 0 Å². The second-order valence-corrected chi connectivity index (χ2v) is 5.01. The first kappa shape index (κ1) is 10.4. The monoisotopic (exact) mass is 222 g/mol. The first-order valence-corrected chi connectivity index (χ1v) is 5.99. The van der Waals surface area contributed by atoms with E-state index in [4.69, 9.17) is 9.79 Å². The second-order valence-electron chi connectivity index (χ2n) is 2.41. The Morgan fingerprint density at radius 2 is 1.92 bits per heavy atom. The smallest absolute Gasteiger partial charge is 0.321 e. The van der Waals surface area contributed by atoms with Crippen LogP contribution in [-0.2, 0) is 14.9 Å². The molecule has 1 rings (SSSR count). The summed E-state index contributed by atoms with van der Waals surface area (Å²) in [5, 5.41) is -0.137. The van der Waals surface area contributed by atoms with Crippen LogP contribution < -0.4 is 0 Å². The number of hydrogen-bond acceptors (Lipinski definition) is 3. The molecule has 0 fully saturated rings. The molecule has 0 radical (unpaired) electrons. The molecule has 72 valence electrons. The summed E-state index contributed by atoms with van der Waals surface area (Å²) in [6.07, 6.45) is 3.56. The Hall–Kier alpha value is -0.680. The van der Waals surface area contributed by atoms with E-state index in [0.29, 0.717) is 0 Å². The third kappa shape index (κ3) is 2.63. The average molecular weight is 222 g/mol. The number of allylic oxidation sites excluding steroid dienone is 4. The third-order valence-corrected chi connectivity index (χ3v) is 3.24. The van der Waals surface area contributed by atoms with Gasteiger partial charge in [0.25, 0.3) is 0 Å². The van der Waals surface area contributed by atoms with Gasteiger partial charge in [-0.05, 0) is 12.2 Å². The van der Waals surface area contributed by atoms with Crippen molar-refractivity contribution in [2.45, 2.75) is 6.42 Å². The minimum Gasteiger partial charge on any atom is -0.321 e. The van der Waals surface area contributed by atoms with Crippen LogP contribution in [0.3, 0.4) is 0 Å². The summed E-state index contributed by atoms with van der Waals surface area (Å²) in [4.78, 5) is 17.5. The Kier molecular flexibility index (Phi) is 2.87. The fourth-order valence-electron chi connectivity index (χ4n) is 0.859. The molecule has 0 spiro atoms. The molecular weight excluding hydrogens is 215 g/mol. The van der Waals surface area contributed by atoms with Gasteiger partial charge < -0.3 is 9.79 Å². The molecule has 13 heavy (non-hydrogen) atoms. The van der Waals surface area contributed by atoms with E-state index in [2.05, 4.69) is 0 Å². The van der Waals surface area contributed by atoms with Crippen LogP contribution in [0.1, 0.15) is 6.42 Å². The first-order valence-electron chi connectivity index (χ1n) is 3.30. The molecule has 1 aliphatic rings. The predicted octanol–water partition coefficient (Wildman–Crippen LogP) is 0.0594. The highest BCUT2D eigenvalue weighted by atomic mass is 32.2. The molecule has 7 heteroatoms. The maximum Gasteiger partial charge on any atom is 0.355 e. The van der Waals surface area contributed by atoms with Gasteiger partial charge in [-0.15, -0.1) is 0 Å². The lowest BCUT2D eigenvalue weighted by Gasteiger charge is -2.07. The Morgan fingerprint density at radius 1 is 1.31 bits per heavy atom. The lowest BCUT2D eigenvalue weighted by molar-refractivity contribution is 0.383. The van der Waals surface area contributed by atoms with Crippen LogP contribution in [0.25, 0.3) is 0 Å². The van der Waals surface area contributed by atoms with Gasteiger partial charge in [0.15, 0.2) is 0 Å². The number of hydrogen-bond donors (Lipinski definition) is 2. The molecule has 0 heterocycles. The summed E-state index contributed by atoms with van der Waals surface area (Å²) >= 11 is 0. The molecule has 0 saturated heterocycles. The van der Waals surface area contributed by atoms with Crippen LogP contribution in [0.4, 0.5) is 0 Å². The van der Waals surface area contributed by atoms with Crippen molar-refractivity contribution in [2.75, 3.05) is 0 Å². The molecule has 2 N–H and O–H groups in total. The molecule has 1 aliphatic carbocycles. The molecule has 0 saturated carbocycles. The van der Waals surface area contributed by atoms with E-state index in [1.54, 1.807) is 0 Å². The maximum atomic E-state index is 10.7. The minimum absolute atomic E-state index is 0.0348. The zero-order valence-electron chi connectivity index (χ0n) is 6.41. The Morgan fingerprint density at radius 3 is 2.23 bits per heavy atom. The number of rotatable bonds is 1. The van der Waals surface area contributed by atoms with Gasteiger partial charge >= 0.3 is 7.60 Å². The van der Waals surface area contributed by atoms with Crippen molar-refractivity contribution in [1.29, 1.82) is 0 Å². The zero-order valence-corrected chi connectivity index (χ0v) is 8.12. The van der Waals surface area contributed by atoms with E-state index in [-0.39, 0.29) is 16.6 Å². The molecule has 0 aromatic heterocycles. The summed E-state index contributed by atoms with van der Waals surface area (Å²) < 4.78 is 31.5. The molecule has 0 bridgehead atoms. The van der Waals surface area contributed by atoms with E-state index in [1.807, 2.05) is 0 Å². The van der Waals surface area contributed by atoms with Crippen molar-refractivity contribution in [2.24, 2.45) is 0 Å². The molecular formula is C6H7O5PS. The Labute approximate surface area is 76.1 Å². The van der Waals surface area contributed by atoms with Gasteiger partial charge in [-0.1, -0.05) is 6.08 Å². The highest BCUT2D eigenvalue weighted by molar-refractivity contribution is 7.73. The van der Waals surface area contributed by atoms with Gasteiger partial charge in [0, 0.05) is 6.42 Å². The summed E-state index contributed by atoms with van der Waals surface area (Å²) in [5.41, 5.74) is 0. The van der Waals surface area contributed by atoms with Crippen LogP contribution in [0, 0.1) is 0 Å². The van der Waals surface area contributed by atoms with Gasteiger partial charge in [-0.25, -0.2) is 0 Å². The van der Waals surface area contributed by atoms with Gasteiger partial charge in [-0.2, -0.15) is 8.42 Å². The van der Waals surface area contributed by atoms with Crippen LogP contribution in [0.15, 0.2) is 23.5 Å². The molecule has 0 aromatic rings. The summed E-state index contributed by atoms with van der Waals surface area (Å²) in [5.74, 6) is 0. The maximum absolute atomic E-state index is 10.7. The minimum atomic E-state index is -4.24. The Balaban J connectivity index is 3.03. The standard InChI is InChI=1S/C6H7O5PS/c7-12(8,9)5-1-3-6(4-2-5)13(10)11/h1-3H,4H2,(H2,7,8,9). The summed E-state index contributed by atoms with van der Waals surface area (Å²) in [7, 11) is -6.55. The first-order chi connectivity index (χ1) is 5.91. The van der Waals surface area contributed by atoms with E-state index >= 15 is 0 Å². The van der Waals surface area contributed by atoms with Crippen LogP contribution in [0.5, 0.6) is 0 Å². The normalized spacial score (nSPS) is 17.1. The van der Waals surface area contributed by atoms with Crippen LogP contribution in [-0.4, -0.2) is 23.1 Å². The molecule has 0 aromatic carbocycles. The van der Waals surface area contributed by atoms with Gasteiger partial charge in [-0.3, -0.25) is 4.57 Å². The van der Waals surface area contributed by atoms with E-state index in [9.17, 15) is 13.0 Å². The van der Waals surface area contributed by atoms with E-state index in [0.717, 1.165) is 6.08 Å². The highest BCUT2D eigenvalue weighted by Gasteiger charge is 2.20. The van der Waals surface area contributed by atoms with Crippen molar-refractivity contribution < 1.29 is 22.8 Å². The van der Waals surface area contributed by atoms with Gasteiger partial charge in [0.2, 0.25) is 10.3 Å². The second kappa shape index (κ2) is 3.59. The highest BCUT2D eigenvalue weighted by Crippen LogP contribution is 2.46. The lowest BCUT2D eigenvalue weighted by atomic mass is 10.2. The predicted molar refractivity (Wildman–Crippen MR) is 47.8 cm³/mol.